The van der Waals surface area contributed by atoms with Gasteiger partial charge in [-0.3, -0.25) is 9.59 Å². The van der Waals surface area contributed by atoms with E-state index in [1.165, 1.54) is 11.3 Å². The maximum atomic E-state index is 12.6. The van der Waals surface area contributed by atoms with Gasteiger partial charge in [0.25, 0.3) is 11.5 Å². The summed E-state index contributed by atoms with van der Waals surface area (Å²) in [7, 11) is 0. The number of aromatic nitrogens is 5. The minimum atomic E-state index is -0.271. The quantitative estimate of drug-likeness (QED) is 0.764. The summed E-state index contributed by atoms with van der Waals surface area (Å²) in [6, 6.07) is 3.76. The molecule has 0 aliphatic carbocycles. The van der Waals surface area contributed by atoms with E-state index in [1.807, 2.05) is 22.4 Å². The standard InChI is InChI=1S/C16H18N6O2S/c1-10-17-14-13(15(23)18-10)19-20-22(14)9-11-4-2-6-21(8-11)16(24)12-5-3-7-25-12/h3,5,7,11H,2,4,6,8-9H2,1H3,(H,17,18,23)/t11-/m0/s1. The molecule has 25 heavy (non-hydrogen) atoms. The molecular weight excluding hydrogens is 340 g/mol. The van der Waals surface area contributed by atoms with Crippen molar-refractivity contribution in [3.8, 4) is 0 Å². The maximum Gasteiger partial charge on any atom is 0.281 e. The van der Waals surface area contributed by atoms with Crippen LogP contribution in [0.4, 0.5) is 0 Å². The normalized spacial score (nSPS) is 18.0. The van der Waals surface area contributed by atoms with E-state index in [-0.39, 0.29) is 22.9 Å². The maximum absolute atomic E-state index is 12.6. The van der Waals surface area contributed by atoms with E-state index in [9.17, 15) is 9.59 Å². The summed E-state index contributed by atoms with van der Waals surface area (Å²) in [5.41, 5.74) is 0.489. The van der Waals surface area contributed by atoms with Crippen molar-refractivity contribution in [3.63, 3.8) is 0 Å². The molecule has 0 aromatic carbocycles. The van der Waals surface area contributed by atoms with Crippen LogP contribution in [0.15, 0.2) is 22.3 Å². The highest BCUT2D eigenvalue weighted by Crippen LogP contribution is 2.22. The van der Waals surface area contributed by atoms with E-state index in [0.29, 0.717) is 24.6 Å². The number of hydrogen-bond donors (Lipinski definition) is 1. The molecule has 4 rings (SSSR count). The molecule has 1 atom stereocenters. The Bertz CT molecular complexity index is 961. The van der Waals surface area contributed by atoms with Crippen LogP contribution in [0.2, 0.25) is 0 Å². The van der Waals surface area contributed by atoms with Crippen molar-refractivity contribution in [1.29, 1.82) is 0 Å². The second kappa shape index (κ2) is 6.40. The molecule has 0 unspecified atom stereocenters. The lowest BCUT2D eigenvalue weighted by molar-refractivity contribution is 0.0665. The Hall–Kier alpha value is -2.55. The summed E-state index contributed by atoms with van der Waals surface area (Å²) in [4.78, 5) is 34.1. The van der Waals surface area contributed by atoms with Crippen molar-refractivity contribution < 1.29 is 4.79 Å². The molecule has 0 saturated carbocycles. The first-order valence-corrected chi connectivity index (χ1v) is 9.12. The van der Waals surface area contributed by atoms with Crippen molar-refractivity contribution in [2.75, 3.05) is 13.1 Å². The number of carbonyl (C=O) groups excluding carboxylic acids is 1. The molecule has 3 aromatic heterocycles. The minimum Gasteiger partial charge on any atom is -0.338 e. The number of hydrogen-bond acceptors (Lipinski definition) is 6. The lowest BCUT2D eigenvalue weighted by atomic mass is 9.98. The number of thiophene rings is 1. The average Bonchev–Trinajstić information content (AvgIpc) is 3.25. The van der Waals surface area contributed by atoms with Gasteiger partial charge < -0.3 is 9.88 Å². The molecule has 0 spiro atoms. The van der Waals surface area contributed by atoms with Gasteiger partial charge in [-0.15, -0.1) is 16.4 Å². The van der Waals surface area contributed by atoms with E-state index in [1.54, 1.807) is 11.6 Å². The van der Waals surface area contributed by atoms with Crippen LogP contribution in [-0.4, -0.2) is 48.9 Å². The van der Waals surface area contributed by atoms with Gasteiger partial charge in [0.2, 0.25) is 0 Å². The molecule has 1 N–H and O–H groups in total. The van der Waals surface area contributed by atoms with Crippen LogP contribution >= 0.6 is 11.3 Å². The lowest BCUT2D eigenvalue weighted by Crippen LogP contribution is -2.41. The van der Waals surface area contributed by atoms with Crippen LogP contribution < -0.4 is 5.56 Å². The molecule has 1 aliphatic rings. The highest BCUT2D eigenvalue weighted by Gasteiger charge is 2.26. The Kier molecular flexibility index (Phi) is 4.08. The van der Waals surface area contributed by atoms with Crippen LogP contribution in [0.3, 0.4) is 0 Å². The SMILES string of the molecule is Cc1nc2c(nnn2C[C@H]2CCCN(C(=O)c3cccs3)C2)c(=O)[nH]1. The van der Waals surface area contributed by atoms with Gasteiger partial charge in [0.15, 0.2) is 11.2 Å². The monoisotopic (exact) mass is 358 g/mol. The zero-order valence-corrected chi connectivity index (χ0v) is 14.6. The van der Waals surface area contributed by atoms with E-state index in [4.69, 9.17) is 0 Å². The Morgan fingerprint density at radius 1 is 1.48 bits per heavy atom. The van der Waals surface area contributed by atoms with Gasteiger partial charge in [-0.05, 0) is 37.1 Å². The lowest BCUT2D eigenvalue weighted by Gasteiger charge is -2.32. The highest BCUT2D eigenvalue weighted by molar-refractivity contribution is 7.12. The summed E-state index contributed by atoms with van der Waals surface area (Å²) >= 11 is 1.47. The van der Waals surface area contributed by atoms with Gasteiger partial charge in [-0.25, -0.2) is 9.67 Å². The number of carbonyl (C=O) groups is 1. The second-order valence-electron chi connectivity index (χ2n) is 6.33. The van der Waals surface area contributed by atoms with E-state index < -0.39 is 0 Å². The zero-order valence-electron chi connectivity index (χ0n) is 13.8. The summed E-state index contributed by atoms with van der Waals surface area (Å²) in [6.07, 6.45) is 1.97. The van der Waals surface area contributed by atoms with Crippen LogP contribution in [-0.2, 0) is 6.54 Å². The van der Waals surface area contributed by atoms with Crippen LogP contribution in [0.5, 0.6) is 0 Å². The van der Waals surface area contributed by atoms with Crippen LogP contribution in [0.25, 0.3) is 11.2 Å². The first-order chi connectivity index (χ1) is 12.1. The van der Waals surface area contributed by atoms with Crippen molar-refractivity contribution in [2.45, 2.75) is 26.3 Å². The molecular formula is C16H18N6O2S. The number of likely N-dealkylation sites (tertiary alicyclic amines) is 1. The van der Waals surface area contributed by atoms with Gasteiger partial charge in [0, 0.05) is 19.6 Å². The van der Waals surface area contributed by atoms with Crippen LogP contribution in [0.1, 0.15) is 28.3 Å². The fourth-order valence-corrected chi connectivity index (χ4v) is 3.99. The number of amides is 1. The van der Waals surface area contributed by atoms with E-state index in [2.05, 4.69) is 20.3 Å². The topological polar surface area (TPSA) is 96.8 Å². The third kappa shape index (κ3) is 3.07. The van der Waals surface area contributed by atoms with Crippen molar-refractivity contribution in [2.24, 2.45) is 5.92 Å². The molecule has 0 radical (unpaired) electrons. The molecule has 1 saturated heterocycles. The summed E-state index contributed by atoms with van der Waals surface area (Å²) in [5, 5.41) is 9.96. The number of aromatic amines is 1. The third-order valence-corrected chi connectivity index (χ3v) is 5.32. The second-order valence-corrected chi connectivity index (χ2v) is 7.28. The molecule has 1 fully saturated rings. The van der Waals surface area contributed by atoms with E-state index >= 15 is 0 Å². The van der Waals surface area contributed by atoms with Crippen molar-refractivity contribution >= 4 is 28.4 Å². The van der Waals surface area contributed by atoms with Gasteiger partial charge >= 0.3 is 0 Å². The predicted octanol–water partition coefficient (Wildman–Crippen LogP) is 1.44. The number of piperidine rings is 1. The largest absolute Gasteiger partial charge is 0.338 e. The minimum absolute atomic E-state index is 0.0913. The van der Waals surface area contributed by atoms with Crippen molar-refractivity contribution in [3.05, 3.63) is 38.6 Å². The fourth-order valence-electron chi connectivity index (χ4n) is 3.30. The van der Waals surface area contributed by atoms with E-state index in [0.717, 1.165) is 24.3 Å². The first-order valence-electron chi connectivity index (χ1n) is 8.24. The average molecular weight is 358 g/mol. The summed E-state index contributed by atoms with van der Waals surface area (Å²) < 4.78 is 1.68. The summed E-state index contributed by atoms with van der Waals surface area (Å²) in [6.45, 7) is 3.80. The third-order valence-electron chi connectivity index (χ3n) is 4.46. The Balaban J connectivity index is 1.53. The number of nitrogens with zero attached hydrogens (tertiary/aromatic N) is 5. The van der Waals surface area contributed by atoms with Gasteiger partial charge in [0.05, 0.1) is 4.88 Å². The molecule has 3 aromatic rings. The predicted molar refractivity (Wildman–Crippen MR) is 93.6 cm³/mol. The Morgan fingerprint density at radius 2 is 2.36 bits per heavy atom. The molecule has 8 nitrogen and oxygen atoms in total. The zero-order chi connectivity index (χ0) is 17.4. The molecule has 0 bridgehead atoms. The Morgan fingerprint density at radius 3 is 3.16 bits per heavy atom. The first kappa shape index (κ1) is 15.9. The number of H-pyrrole nitrogens is 1. The van der Waals surface area contributed by atoms with Gasteiger partial charge in [-0.1, -0.05) is 11.3 Å². The van der Waals surface area contributed by atoms with Crippen LogP contribution in [0, 0.1) is 12.8 Å². The van der Waals surface area contributed by atoms with Gasteiger partial charge in [0.1, 0.15) is 5.82 Å². The fraction of sp³-hybridized carbons (Fsp3) is 0.438. The number of rotatable bonds is 3. The highest BCUT2D eigenvalue weighted by atomic mass is 32.1. The summed E-state index contributed by atoms with van der Waals surface area (Å²) in [5.74, 6) is 0.900. The molecule has 4 heterocycles. The van der Waals surface area contributed by atoms with Crippen molar-refractivity contribution in [1.82, 2.24) is 29.9 Å². The molecule has 1 aliphatic heterocycles. The number of aryl methyl sites for hydroxylation is 1. The number of nitrogens with one attached hydrogen (secondary N) is 1. The Labute approximate surface area is 147 Å². The smallest absolute Gasteiger partial charge is 0.281 e. The molecule has 1 amide bonds. The van der Waals surface area contributed by atoms with Gasteiger partial charge in [-0.2, -0.15) is 0 Å². The number of fused-ring (bicyclic) bond motifs is 1. The molecule has 9 heteroatoms. The molecule has 130 valence electrons.